The molecule has 0 amide bonds. The van der Waals surface area contributed by atoms with Crippen molar-refractivity contribution >= 4 is 5.95 Å². The Morgan fingerprint density at radius 1 is 1.42 bits per heavy atom. The van der Waals surface area contributed by atoms with Gasteiger partial charge < -0.3 is 4.90 Å². The molecule has 1 atom stereocenters. The maximum Gasteiger partial charge on any atom is 0.228 e. The SMILES string of the molecule is CC1CCCN1c1ncncn1. The highest BCUT2D eigenvalue weighted by Crippen LogP contribution is 2.20. The smallest absolute Gasteiger partial charge is 0.228 e. The van der Waals surface area contributed by atoms with Gasteiger partial charge in [0.2, 0.25) is 5.95 Å². The lowest BCUT2D eigenvalue weighted by Gasteiger charge is -2.20. The van der Waals surface area contributed by atoms with Gasteiger partial charge in [-0.05, 0) is 19.8 Å². The molecule has 0 aromatic carbocycles. The zero-order valence-corrected chi connectivity index (χ0v) is 7.14. The lowest BCUT2D eigenvalue weighted by molar-refractivity contribution is 0.714. The van der Waals surface area contributed by atoms with E-state index < -0.39 is 0 Å². The first-order valence-electron chi connectivity index (χ1n) is 4.26. The van der Waals surface area contributed by atoms with Crippen molar-refractivity contribution in [2.45, 2.75) is 25.8 Å². The van der Waals surface area contributed by atoms with Gasteiger partial charge in [-0.3, -0.25) is 0 Å². The van der Waals surface area contributed by atoms with Crippen LogP contribution in [0.3, 0.4) is 0 Å². The molecule has 1 aromatic heterocycles. The van der Waals surface area contributed by atoms with Crippen LogP contribution in [-0.4, -0.2) is 27.5 Å². The van der Waals surface area contributed by atoms with Gasteiger partial charge >= 0.3 is 0 Å². The van der Waals surface area contributed by atoms with Crippen LogP contribution in [0, 0.1) is 0 Å². The third-order valence-electron chi connectivity index (χ3n) is 2.29. The first-order valence-corrected chi connectivity index (χ1v) is 4.26. The number of anilines is 1. The van der Waals surface area contributed by atoms with Crippen molar-refractivity contribution in [3.05, 3.63) is 12.7 Å². The largest absolute Gasteiger partial charge is 0.338 e. The summed E-state index contributed by atoms with van der Waals surface area (Å²) in [6.07, 6.45) is 5.58. The van der Waals surface area contributed by atoms with Gasteiger partial charge in [-0.25, -0.2) is 15.0 Å². The van der Waals surface area contributed by atoms with Crippen molar-refractivity contribution in [2.24, 2.45) is 0 Å². The van der Waals surface area contributed by atoms with E-state index in [0.29, 0.717) is 6.04 Å². The molecule has 0 saturated carbocycles. The third kappa shape index (κ3) is 1.24. The van der Waals surface area contributed by atoms with Crippen LogP contribution in [0.25, 0.3) is 0 Å². The zero-order chi connectivity index (χ0) is 8.39. The van der Waals surface area contributed by atoms with Gasteiger partial charge in [0.05, 0.1) is 0 Å². The van der Waals surface area contributed by atoms with E-state index in [2.05, 4.69) is 26.8 Å². The minimum atomic E-state index is 0.576. The van der Waals surface area contributed by atoms with Gasteiger partial charge in [-0.1, -0.05) is 0 Å². The van der Waals surface area contributed by atoms with Crippen LogP contribution in [0.1, 0.15) is 19.8 Å². The fraction of sp³-hybridized carbons (Fsp3) is 0.625. The maximum absolute atomic E-state index is 4.11. The Morgan fingerprint density at radius 2 is 2.17 bits per heavy atom. The van der Waals surface area contributed by atoms with Crippen LogP contribution in [0.4, 0.5) is 5.95 Å². The lowest BCUT2D eigenvalue weighted by atomic mass is 10.2. The predicted molar refractivity (Wildman–Crippen MR) is 45.9 cm³/mol. The zero-order valence-electron chi connectivity index (χ0n) is 7.14. The van der Waals surface area contributed by atoms with E-state index in [1.54, 1.807) is 12.7 Å². The van der Waals surface area contributed by atoms with Crippen molar-refractivity contribution in [3.63, 3.8) is 0 Å². The Labute approximate surface area is 71.7 Å². The first-order chi connectivity index (χ1) is 5.88. The van der Waals surface area contributed by atoms with E-state index in [4.69, 9.17) is 0 Å². The Bertz CT molecular complexity index is 248. The molecule has 2 heterocycles. The fourth-order valence-electron chi connectivity index (χ4n) is 1.61. The summed E-state index contributed by atoms with van der Waals surface area (Å²) in [4.78, 5) is 14.2. The molecule has 1 aliphatic heterocycles. The molecule has 1 aliphatic rings. The molecule has 2 rings (SSSR count). The topological polar surface area (TPSA) is 41.9 Å². The molecule has 0 bridgehead atoms. The van der Waals surface area contributed by atoms with Gasteiger partial charge in [0.15, 0.2) is 0 Å². The summed E-state index contributed by atoms with van der Waals surface area (Å²) in [5, 5.41) is 0. The summed E-state index contributed by atoms with van der Waals surface area (Å²) in [6, 6.07) is 0.576. The van der Waals surface area contributed by atoms with Crippen LogP contribution in [0.15, 0.2) is 12.7 Å². The minimum Gasteiger partial charge on any atom is -0.338 e. The Balaban J connectivity index is 2.19. The van der Waals surface area contributed by atoms with E-state index in [-0.39, 0.29) is 0 Å². The highest BCUT2D eigenvalue weighted by Gasteiger charge is 2.21. The van der Waals surface area contributed by atoms with Gasteiger partial charge in [0, 0.05) is 12.6 Å². The Kier molecular flexibility index (Phi) is 1.89. The quantitative estimate of drug-likeness (QED) is 0.617. The molecule has 4 nitrogen and oxygen atoms in total. The van der Waals surface area contributed by atoms with Gasteiger partial charge in [-0.15, -0.1) is 0 Å². The van der Waals surface area contributed by atoms with E-state index in [9.17, 15) is 0 Å². The summed E-state index contributed by atoms with van der Waals surface area (Å²) >= 11 is 0. The number of hydrogen-bond acceptors (Lipinski definition) is 4. The molecule has 1 saturated heterocycles. The van der Waals surface area contributed by atoms with Crippen molar-refractivity contribution in [3.8, 4) is 0 Å². The average molecular weight is 164 g/mol. The van der Waals surface area contributed by atoms with Gasteiger partial charge in [0.25, 0.3) is 0 Å². The average Bonchev–Trinajstić information content (AvgIpc) is 2.53. The lowest BCUT2D eigenvalue weighted by Crippen LogP contribution is -2.28. The summed E-state index contributed by atoms with van der Waals surface area (Å²) in [6.45, 7) is 3.28. The summed E-state index contributed by atoms with van der Waals surface area (Å²) in [5.41, 5.74) is 0. The fourth-order valence-corrected chi connectivity index (χ4v) is 1.61. The summed E-state index contributed by atoms with van der Waals surface area (Å²) in [7, 11) is 0. The van der Waals surface area contributed by atoms with Crippen molar-refractivity contribution < 1.29 is 0 Å². The number of nitrogens with zero attached hydrogens (tertiary/aromatic N) is 4. The molecule has 64 valence electrons. The van der Waals surface area contributed by atoms with E-state index >= 15 is 0 Å². The highest BCUT2D eigenvalue weighted by molar-refractivity contribution is 5.30. The van der Waals surface area contributed by atoms with E-state index in [1.165, 1.54) is 12.8 Å². The second-order valence-corrected chi connectivity index (χ2v) is 3.12. The second kappa shape index (κ2) is 3.05. The molecule has 0 radical (unpaired) electrons. The Hall–Kier alpha value is -1.19. The maximum atomic E-state index is 4.11. The summed E-state index contributed by atoms with van der Waals surface area (Å²) in [5.74, 6) is 0.815. The molecule has 12 heavy (non-hydrogen) atoms. The van der Waals surface area contributed by atoms with Crippen molar-refractivity contribution in [1.29, 1.82) is 0 Å². The monoisotopic (exact) mass is 164 g/mol. The molecule has 1 fully saturated rings. The first kappa shape index (κ1) is 7.46. The van der Waals surface area contributed by atoms with Crippen LogP contribution < -0.4 is 4.90 Å². The van der Waals surface area contributed by atoms with Gasteiger partial charge in [0.1, 0.15) is 12.7 Å². The Morgan fingerprint density at radius 3 is 2.75 bits per heavy atom. The molecule has 1 unspecified atom stereocenters. The number of aromatic nitrogens is 3. The standard InChI is InChI=1S/C8H12N4/c1-7-3-2-4-12(7)8-10-5-9-6-11-8/h5-7H,2-4H2,1H3. The van der Waals surface area contributed by atoms with E-state index in [1.807, 2.05) is 0 Å². The minimum absolute atomic E-state index is 0.576. The molecule has 0 spiro atoms. The number of rotatable bonds is 1. The summed E-state index contributed by atoms with van der Waals surface area (Å²) < 4.78 is 0. The van der Waals surface area contributed by atoms with E-state index in [0.717, 1.165) is 12.5 Å². The van der Waals surface area contributed by atoms with Crippen LogP contribution in [-0.2, 0) is 0 Å². The molecule has 4 heteroatoms. The molecular formula is C8H12N4. The normalized spacial score (nSPS) is 23.1. The third-order valence-corrected chi connectivity index (χ3v) is 2.29. The number of hydrogen-bond donors (Lipinski definition) is 0. The second-order valence-electron chi connectivity index (χ2n) is 3.12. The molecule has 0 N–H and O–H groups in total. The highest BCUT2D eigenvalue weighted by atomic mass is 15.3. The van der Waals surface area contributed by atoms with Crippen LogP contribution >= 0.6 is 0 Å². The molecule has 1 aromatic rings. The van der Waals surface area contributed by atoms with Crippen molar-refractivity contribution in [2.75, 3.05) is 11.4 Å². The van der Waals surface area contributed by atoms with Crippen LogP contribution in [0.5, 0.6) is 0 Å². The van der Waals surface area contributed by atoms with Gasteiger partial charge in [-0.2, -0.15) is 0 Å². The predicted octanol–water partition coefficient (Wildman–Crippen LogP) is 0.860. The molecule has 0 aliphatic carbocycles. The molecular weight excluding hydrogens is 152 g/mol. The van der Waals surface area contributed by atoms with Crippen LogP contribution in [0.2, 0.25) is 0 Å². The van der Waals surface area contributed by atoms with Crippen molar-refractivity contribution in [1.82, 2.24) is 15.0 Å².